The first-order valence-electron chi connectivity index (χ1n) is 8.02. The molecule has 0 spiro atoms. The Morgan fingerprint density at radius 1 is 1.04 bits per heavy atom. The van der Waals surface area contributed by atoms with Crippen molar-refractivity contribution in [3.8, 4) is 11.1 Å². The molecule has 0 atom stereocenters. The summed E-state index contributed by atoms with van der Waals surface area (Å²) in [5.41, 5.74) is 4.27. The van der Waals surface area contributed by atoms with Crippen molar-refractivity contribution in [2.24, 2.45) is 0 Å². The minimum atomic E-state index is 0.0565. The molecule has 0 radical (unpaired) electrons. The van der Waals surface area contributed by atoms with Crippen molar-refractivity contribution in [1.82, 2.24) is 15.0 Å². The number of benzene rings is 2. The van der Waals surface area contributed by atoms with Crippen LogP contribution in [0.2, 0.25) is 5.02 Å². The summed E-state index contributed by atoms with van der Waals surface area (Å²) < 4.78 is 0. The number of nitrogens with zero attached hydrogens (tertiary/aromatic N) is 2. The van der Waals surface area contributed by atoms with E-state index in [9.17, 15) is 4.79 Å². The molecule has 4 nitrogen and oxygen atoms in total. The predicted molar refractivity (Wildman–Crippen MR) is 106 cm³/mol. The van der Waals surface area contributed by atoms with Gasteiger partial charge < -0.3 is 4.98 Å². The molecular formula is C20H14ClN3OS. The molecular weight excluding hydrogens is 366 g/mol. The SMILES string of the molecule is O=C(CSc1nc2ncc(Cl)cc2[nH]1)c1ccc(-c2ccccc2)cc1. The van der Waals surface area contributed by atoms with E-state index in [1.54, 1.807) is 12.3 Å². The Labute approximate surface area is 159 Å². The monoisotopic (exact) mass is 379 g/mol. The lowest BCUT2D eigenvalue weighted by Crippen LogP contribution is -2.02. The molecule has 0 aliphatic heterocycles. The number of aromatic nitrogens is 3. The first kappa shape index (κ1) is 16.8. The van der Waals surface area contributed by atoms with E-state index >= 15 is 0 Å². The molecule has 0 aliphatic carbocycles. The van der Waals surface area contributed by atoms with Crippen LogP contribution in [0.3, 0.4) is 0 Å². The van der Waals surface area contributed by atoms with Crippen LogP contribution in [0, 0.1) is 0 Å². The van der Waals surface area contributed by atoms with Crippen LogP contribution in [0.25, 0.3) is 22.3 Å². The highest BCUT2D eigenvalue weighted by Gasteiger charge is 2.10. The minimum Gasteiger partial charge on any atom is -0.331 e. The molecule has 2 heterocycles. The molecule has 0 unspecified atom stereocenters. The lowest BCUT2D eigenvalue weighted by molar-refractivity contribution is 0.102. The van der Waals surface area contributed by atoms with Crippen molar-refractivity contribution >= 4 is 40.3 Å². The van der Waals surface area contributed by atoms with E-state index < -0.39 is 0 Å². The number of halogens is 1. The summed E-state index contributed by atoms with van der Waals surface area (Å²) in [6, 6.07) is 19.5. The highest BCUT2D eigenvalue weighted by Crippen LogP contribution is 2.23. The molecule has 0 bridgehead atoms. The number of fused-ring (bicyclic) bond motifs is 1. The summed E-state index contributed by atoms with van der Waals surface area (Å²) in [6.45, 7) is 0. The van der Waals surface area contributed by atoms with Gasteiger partial charge in [0.2, 0.25) is 0 Å². The fourth-order valence-corrected chi connectivity index (χ4v) is 3.54. The molecule has 0 saturated heterocycles. The number of hydrogen-bond acceptors (Lipinski definition) is 4. The average Bonchev–Trinajstić information content (AvgIpc) is 3.09. The van der Waals surface area contributed by atoms with Gasteiger partial charge in [-0.2, -0.15) is 0 Å². The van der Waals surface area contributed by atoms with E-state index in [1.807, 2.05) is 42.5 Å². The van der Waals surface area contributed by atoms with Gasteiger partial charge >= 0.3 is 0 Å². The number of hydrogen-bond donors (Lipinski definition) is 1. The summed E-state index contributed by atoms with van der Waals surface area (Å²) >= 11 is 7.28. The highest BCUT2D eigenvalue weighted by molar-refractivity contribution is 7.99. The zero-order chi connectivity index (χ0) is 17.9. The maximum atomic E-state index is 12.4. The Kier molecular flexibility index (Phi) is 4.73. The summed E-state index contributed by atoms with van der Waals surface area (Å²) in [4.78, 5) is 24.1. The number of carbonyl (C=O) groups excluding carboxylic acids is 1. The molecule has 26 heavy (non-hydrogen) atoms. The zero-order valence-electron chi connectivity index (χ0n) is 13.6. The molecule has 2 aromatic carbocycles. The number of rotatable bonds is 5. The summed E-state index contributed by atoms with van der Waals surface area (Å²) in [6.07, 6.45) is 1.55. The van der Waals surface area contributed by atoms with Gasteiger partial charge in [-0.1, -0.05) is 78.0 Å². The van der Waals surface area contributed by atoms with Crippen LogP contribution in [0.4, 0.5) is 0 Å². The van der Waals surface area contributed by atoms with Gasteiger partial charge in [0.05, 0.1) is 16.3 Å². The average molecular weight is 380 g/mol. The van der Waals surface area contributed by atoms with E-state index in [1.165, 1.54) is 11.8 Å². The number of carbonyl (C=O) groups is 1. The number of pyridine rings is 1. The molecule has 6 heteroatoms. The number of H-pyrrole nitrogens is 1. The second kappa shape index (κ2) is 7.32. The number of ketones is 1. The Balaban J connectivity index is 1.44. The van der Waals surface area contributed by atoms with Crippen LogP contribution in [0.5, 0.6) is 0 Å². The fraction of sp³-hybridized carbons (Fsp3) is 0.0500. The van der Waals surface area contributed by atoms with Crippen LogP contribution >= 0.6 is 23.4 Å². The smallest absolute Gasteiger partial charge is 0.178 e. The quantitative estimate of drug-likeness (QED) is 0.380. The molecule has 0 fully saturated rings. The van der Waals surface area contributed by atoms with Crippen molar-refractivity contribution in [3.05, 3.63) is 77.4 Å². The summed E-state index contributed by atoms with van der Waals surface area (Å²) in [5, 5.41) is 1.20. The second-order valence-electron chi connectivity index (χ2n) is 5.72. The van der Waals surface area contributed by atoms with Crippen LogP contribution in [0.1, 0.15) is 10.4 Å². The molecule has 128 valence electrons. The molecule has 0 amide bonds. The van der Waals surface area contributed by atoms with Gasteiger partial charge in [0.1, 0.15) is 0 Å². The third-order valence-electron chi connectivity index (χ3n) is 3.94. The lowest BCUT2D eigenvalue weighted by atomic mass is 10.0. The lowest BCUT2D eigenvalue weighted by Gasteiger charge is -2.03. The Morgan fingerprint density at radius 2 is 1.77 bits per heavy atom. The van der Waals surface area contributed by atoms with Gasteiger partial charge in [0, 0.05) is 11.8 Å². The van der Waals surface area contributed by atoms with Gasteiger partial charge in [0.15, 0.2) is 16.6 Å². The second-order valence-corrected chi connectivity index (χ2v) is 7.12. The van der Waals surface area contributed by atoms with E-state index in [4.69, 9.17) is 11.6 Å². The largest absolute Gasteiger partial charge is 0.331 e. The van der Waals surface area contributed by atoms with Crippen molar-refractivity contribution < 1.29 is 4.79 Å². The number of nitrogens with one attached hydrogen (secondary N) is 1. The summed E-state index contributed by atoms with van der Waals surface area (Å²) in [5.74, 6) is 0.360. The van der Waals surface area contributed by atoms with Gasteiger partial charge in [-0.3, -0.25) is 4.79 Å². The van der Waals surface area contributed by atoms with Crippen LogP contribution in [-0.4, -0.2) is 26.5 Å². The highest BCUT2D eigenvalue weighted by atomic mass is 35.5. The molecule has 4 rings (SSSR count). The first-order valence-corrected chi connectivity index (χ1v) is 9.38. The minimum absolute atomic E-state index is 0.0565. The van der Waals surface area contributed by atoms with E-state index in [2.05, 4.69) is 27.1 Å². The fourth-order valence-electron chi connectivity index (χ4n) is 2.62. The van der Waals surface area contributed by atoms with E-state index in [0.717, 1.165) is 16.6 Å². The molecule has 0 saturated carbocycles. The van der Waals surface area contributed by atoms with Gasteiger partial charge in [-0.25, -0.2) is 9.97 Å². The topological polar surface area (TPSA) is 58.6 Å². The molecule has 2 aromatic heterocycles. The van der Waals surface area contributed by atoms with Crippen molar-refractivity contribution in [3.63, 3.8) is 0 Å². The number of imidazole rings is 1. The Bertz CT molecular complexity index is 1060. The first-order chi connectivity index (χ1) is 12.7. The Hall–Kier alpha value is -2.63. The number of thioether (sulfide) groups is 1. The van der Waals surface area contributed by atoms with Gasteiger partial charge in [-0.05, 0) is 17.2 Å². The van der Waals surface area contributed by atoms with Crippen molar-refractivity contribution in [1.29, 1.82) is 0 Å². The third kappa shape index (κ3) is 3.64. The molecule has 1 N–H and O–H groups in total. The van der Waals surface area contributed by atoms with Crippen molar-refractivity contribution in [2.75, 3.05) is 5.75 Å². The number of aromatic amines is 1. The normalized spacial score (nSPS) is 11.0. The maximum absolute atomic E-state index is 12.4. The van der Waals surface area contributed by atoms with Crippen molar-refractivity contribution in [2.45, 2.75) is 5.16 Å². The third-order valence-corrected chi connectivity index (χ3v) is 5.02. The molecule has 4 aromatic rings. The van der Waals surface area contributed by atoms with E-state index in [0.29, 0.717) is 27.1 Å². The van der Waals surface area contributed by atoms with Crippen LogP contribution in [-0.2, 0) is 0 Å². The predicted octanol–water partition coefficient (Wildman–Crippen LogP) is 5.25. The van der Waals surface area contributed by atoms with Gasteiger partial charge in [-0.15, -0.1) is 0 Å². The van der Waals surface area contributed by atoms with Crippen LogP contribution < -0.4 is 0 Å². The summed E-state index contributed by atoms with van der Waals surface area (Å²) in [7, 11) is 0. The molecule has 0 aliphatic rings. The standard InChI is InChI=1S/C20H14ClN3OS/c21-16-10-17-19(22-11-16)24-20(23-17)26-12-18(25)15-8-6-14(7-9-15)13-4-2-1-3-5-13/h1-11H,12H2,(H,22,23,24). The zero-order valence-corrected chi connectivity index (χ0v) is 15.2. The Morgan fingerprint density at radius 3 is 2.54 bits per heavy atom. The van der Waals surface area contributed by atoms with Crippen LogP contribution in [0.15, 0.2) is 72.0 Å². The number of Topliss-reactive ketones (excluding diaryl/α,β-unsaturated/α-hetero) is 1. The van der Waals surface area contributed by atoms with Gasteiger partial charge in [0.25, 0.3) is 0 Å². The van der Waals surface area contributed by atoms with E-state index in [-0.39, 0.29) is 5.78 Å². The maximum Gasteiger partial charge on any atom is 0.178 e.